The number of hydrogen-bond acceptors (Lipinski definition) is 4. The van der Waals surface area contributed by atoms with Crippen LogP contribution in [0.15, 0.2) is 6.07 Å². The average Bonchev–Trinajstić information content (AvgIpc) is 2.29. The van der Waals surface area contributed by atoms with Crippen molar-refractivity contribution in [2.24, 2.45) is 0 Å². The van der Waals surface area contributed by atoms with Crippen LogP contribution < -0.4 is 5.32 Å². The van der Waals surface area contributed by atoms with Crippen molar-refractivity contribution in [1.29, 1.82) is 0 Å². The second kappa shape index (κ2) is 5.25. The SMILES string of the molecule is O=Cc1cc(NC2CCCCC2)nc(Cl)n1. The van der Waals surface area contributed by atoms with Crippen LogP contribution in [0, 0.1) is 0 Å². The second-order valence-electron chi connectivity index (χ2n) is 4.04. The predicted molar refractivity (Wildman–Crippen MR) is 62.9 cm³/mol. The number of carbonyl (C=O) groups excluding carboxylic acids is 1. The molecule has 0 saturated heterocycles. The molecular weight excluding hydrogens is 226 g/mol. The topological polar surface area (TPSA) is 54.9 Å². The van der Waals surface area contributed by atoms with Gasteiger partial charge in [0.25, 0.3) is 0 Å². The third-order valence-corrected chi connectivity index (χ3v) is 2.97. The van der Waals surface area contributed by atoms with Gasteiger partial charge in [-0.3, -0.25) is 4.79 Å². The molecule has 4 nitrogen and oxygen atoms in total. The number of aromatic nitrogens is 2. The van der Waals surface area contributed by atoms with Gasteiger partial charge in [0.1, 0.15) is 11.5 Å². The molecule has 1 aromatic heterocycles. The zero-order chi connectivity index (χ0) is 11.4. The van der Waals surface area contributed by atoms with Crippen molar-refractivity contribution in [2.75, 3.05) is 5.32 Å². The van der Waals surface area contributed by atoms with E-state index in [1.54, 1.807) is 6.07 Å². The van der Waals surface area contributed by atoms with Crippen LogP contribution in [0.3, 0.4) is 0 Å². The Morgan fingerprint density at radius 1 is 1.31 bits per heavy atom. The van der Waals surface area contributed by atoms with Gasteiger partial charge in [-0.1, -0.05) is 19.3 Å². The van der Waals surface area contributed by atoms with E-state index in [-0.39, 0.29) is 5.28 Å². The van der Waals surface area contributed by atoms with Crippen LogP contribution in [0.1, 0.15) is 42.6 Å². The standard InChI is InChI=1S/C11H14ClN3O/c12-11-14-9(7-16)6-10(15-11)13-8-4-2-1-3-5-8/h6-8H,1-5H2,(H,13,14,15). The van der Waals surface area contributed by atoms with Gasteiger partial charge < -0.3 is 5.32 Å². The number of rotatable bonds is 3. The molecule has 1 N–H and O–H groups in total. The summed E-state index contributed by atoms with van der Waals surface area (Å²) in [6, 6.07) is 2.08. The van der Waals surface area contributed by atoms with E-state index in [0.29, 0.717) is 23.8 Å². The van der Waals surface area contributed by atoms with Crippen molar-refractivity contribution in [3.05, 3.63) is 17.0 Å². The molecule has 2 rings (SSSR count). The molecular formula is C11H14ClN3O. The van der Waals surface area contributed by atoms with E-state index in [0.717, 1.165) is 12.8 Å². The molecule has 0 radical (unpaired) electrons. The van der Waals surface area contributed by atoms with Crippen molar-refractivity contribution in [1.82, 2.24) is 9.97 Å². The lowest BCUT2D eigenvalue weighted by molar-refractivity contribution is 0.111. The Hall–Kier alpha value is -1.16. The van der Waals surface area contributed by atoms with Crippen LogP contribution in [0.5, 0.6) is 0 Å². The molecule has 0 unspecified atom stereocenters. The summed E-state index contributed by atoms with van der Waals surface area (Å²) in [7, 11) is 0. The molecule has 0 spiro atoms. The van der Waals surface area contributed by atoms with Crippen LogP contribution in [0.2, 0.25) is 5.28 Å². The van der Waals surface area contributed by atoms with Gasteiger partial charge in [-0.15, -0.1) is 0 Å². The minimum atomic E-state index is 0.114. The molecule has 1 saturated carbocycles. The molecule has 1 fully saturated rings. The summed E-state index contributed by atoms with van der Waals surface area (Å²) in [6.07, 6.45) is 6.78. The first kappa shape index (κ1) is 11.3. The van der Waals surface area contributed by atoms with Crippen LogP contribution in [-0.4, -0.2) is 22.3 Å². The Labute approximate surface area is 99.4 Å². The largest absolute Gasteiger partial charge is 0.367 e. The highest BCUT2D eigenvalue weighted by Gasteiger charge is 2.14. The fourth-order valence-corrected chi connectivity index (χ4v) is 2.21. The maximum Gasteiger partial charge on any atom is 0.224 e. The molecule has 16 heavy (non-hydrogen) atoms. The summed E-state index contributed by atoms with van der Waals surface area (Å²) >= 11 is 5.73. The van der Waals surface area contributed by atoms with Crippen LogP contribution in [-0.2, 0) is 0 Å². The van der Waals surface area contributed by atoms with Crippen LogP contribution in [0.25, 0.3) is 0 Å². The minimum absolute atomic E-state index is 0.114. The molecule has 1 aliphatic carbocycles. The Balaban J connectivity index is 2.07. The average molecular weight is 240 g/mol. The highest BCUT2D eigenvalue weighted by atomic mass is 35.5. The van der Waals surface area contributed by atoms with Crippen LogP contribution in [0.4, 0.5) is 5.82 Å². The molecule has 0 aromatic carbocycles. The van der Waals surface area contributed by atoms with Gasteiger partial charge in [-0.05, 0) is 24.4 Å². The lowest BCUT2D eigenvalue weighted by atomic mass is 9.95. The summed E-state index contributed by atoms with van der Waals surface area (Å²) in [4.78, 5) is 18.5. The van der Waals surface area contributed by atoms with Crippen molar-refractivity contribution in [3.63, 3.8) is 0 Å². The number of carbonyl (C=O) groups is 1. The summed E-state index contributed by atoms with van der Waals surface area (Å²) in [5.74, 6) is 0.647. The Kier molecular flexibility index (Phi) is 3.72. The van der Waals surface area contributed by atoms with E-state index in [1.165, 1.54) is 19.3 Å². The predicted octanol–water partition coefficient (Wildman–Crippen LogP) is 2.69. The first-order valence-corrected chi connectivity index (χ1v) is 5.92. The molecule has 86 valence electrons. The van der Waals surface area contributed by atoms with E-state index in [2.05, 4.69) is 15.3 Å². The van der Waals surface area contributed by atoms with Crippen molar-refractivity contribution in [2.45, 2.75) is 38.1 Å². The highest BCUT2D eigenvalue weighted by molar-refractivity contribution is 6.28. The first-order chi connectivity index (χ1) is 7.78. The first-order valence-electron chi connectivity index (χ1n) is 5.54. The summed E-state index contributed by atoms with van der Waals surface area (Å²) < 4.78 is 0. The molecule has 1 heterocycles. The molecule has 0 amide bonds. The quantitative estimate of drug-likeness (QED) is 0.651. The third kappa shape index (κ3) is 2.92. The maximum absolute atomic E-state index is 10.6. The zero-order valence-corrected chi connectivity index (χ0v) is 9.70. The number of hydrogen-bond donors (Lipinski definition) is 1. The normalized spacial score (nSPS) is 17.1. The van der Waals surface area contributed by atoms with Crippen LogP contribution >= 0.6 is 11.6 Å². The minimum Gasteiger partial charge on any atom is -0.367 e. The number of anilines is 1. The molecule has 0 bridgehead atoms. The smallest absolute Gasteiger partial charge is 0.224 e. The van der Waals surface area contributed by atoms with Gasteiger partial charge in [0.05, 0.1) is 0 Å². The second-order valence-corrected chi connectivity index (χ2v) is 4.38. The van der Waals surface area contributed by atoms with Gasteiger partial charge in [-0.2, -0.15) is 0 Å². The fraction of sp³-hybridized carbons (Fsp3) is 0.545. The van der Waals surface area contributed by atoms with Crippen molar-refractivity contribution < 1.29 is 4.79 Å². The number of nitrogens with zero attached hydrogens (tertiary/aromatic N) is 2. The van der Waals surface area contributed by atoms with Gasteiger partial charge in [-0.25, -0.2) is 9.97 Å². The van der Waals surface area contributed by atoms with E-state index < -0.39 is 0 Å². The van der Waals surface area contributed by atoms with E-state index in [4.69, 9.17) is 11.6 Å². The number of nitrogens with one attached hydrogen (secondary N) is 1. The molecule has 5 heteroatoms. The number of halogens is 1. The number of aldehydes is 1. The van der Waals surface area contributed by atoms with E-state index in [9.17, 15) is 4.79 Å². The molecule has 1 aliphatic rings. The lowest BCUT2D eigenvalue weighted by Gasteiger charge is -2.23. The van der Waals surface area contributed by atoms with Gasteiger partial charge >= 0.3 is 0 Å². The van der Waals surface area contributed by atoms with Crippen molar-refractivity contribution >= 4 is 23.7 Å². The Morgan fingerprint density at radius 3 is 2.75 bits per heavy atom. The third-order valence-electron chi connectivity index (χ3n) is 2.80. The maximum atomic E-state index is 10.6. The van der Waals surface area contributed by atoms with E-state index >= 15 is 0 Å². The summed E-state index contributed by atoms with van der Waals surface area (Å²) in [5.41, 5.74) is 0.318. The Bertz CT molecular complexity index is 377. The Morgan fingerprint density at radius 2 is 2.06 bits per heavy atom. The summed E-state index contributed by atoms with van der Waals surface area (Å²) in [6.45, 7) is 0. The zero-order valence-electron chi connectivity index (χ0n) is 8.95. The monoisotopic (exact) mass is 239 g/mol. The van der Waals surface area contributed by atoms with Gasteiger partial charge in [0, 0.05) is 12.1 Å². The molecule has 0 atom stereocenters. The van der Waals surface area contributed by atoms with E-state index in [1.807, 2.05) is 0 Å². The highest BCUT2D eigenvalue weighted by Crippen LogP contribution is 2.21. The van der Waals surface area contributed by atoms with Gasteiger partial charge in [0.15, 0.2) is 6.29 Å². The summed E-state index contributed by atoms with van der Waals surface area (Å²) in [5, 5.41) is 3.42. The van der Waals surface area contributed by atoms with Gasteiger partial charge in [0.2, 0.25) is 5.28 Å². The van der Waals surface area contributed by atoms with Crippen molar-refractivity contribution in [3.8, 4) is 0 Å². The lowest BCUT2D eigenvalue weighted by Crippen LogP contribution is -2.23. The fourth-order valence-electron chi connectivity index (χ4n) is 2.03. The molecule has 1 aromatic rings. The molecule has 0 aliphatic heterocycles.